The fraction of sp³-hybridized carbons (Fsp3) is 0.333. The van der Waals surface area contributed by atoms with Crippen LogP contribution in [-0.4, -0.2) is 41.5 Å². The van der Waals surface area contributed by atoms with Crippen molar-refractivity contribution in [1.82, 2.24) is 9.38 Å². The van der Waals surface area contributed by atoms with Gasteiger partial charge in [0.15, 0.2) is 11.4 Å². The minimum Gasteiger partial charge on any atom is -0.357 e. The number of anilines is 1. The summed E-state index contributed by atoms with van der Waals surface area (Å²) in [5, 5.41) is 10.1. The quantitative estimate of drug-likeness (QED) is 0.468. The summed E-state index contributed by atoms with van der Waals surface area (Å²) < 4.78 is 14.2. The molecule has 0 saturated carbocycles. The number of para-hydroxylation sites is 2. The highest BCUT2D eigenvalue weighted by Crippen LogP contribution is 2.38. The van der Waals surface area contributed by atoms with Gasteiger partial charge in [-0.1, -0.05) is 42.5 Å². The lowest BCUT2D eigenvalue weighted by Crippen LogP contribution is -2.46. The van der Waals surface area contributed by atoms with Gasteiger partial charge in [-0.15, -0.1) is 0 Å². The summed E-state index contributed by atoms with van der Waals surface area (Å²) in [6.07, 6.45) is 2.41. The third-order valence-corrected chi connectivity index (χ3v) is 7.07. The molecule has 0 atom stereocenters. The molecule has 0 unspecified atom stereocenters. The van der Waals surface area contributed by atoms with Crippen LogP contribution in [0.3, 0.4) is 0 Å². The third-order valence-electron chi connectivity index (χ3n) is 7.07. The zero-order chi connectivity index (χ0) is 22.4. The van der Waals surface area contributed by atoms with Crippen LogP contribution in [0.5, 0.6) is 0 Å². The molecule has 2 aromatic heterocycles. The minimum absolute atomic E-state index is 0.437. The number of fused-ring (bicyclic) bond motifs is 3. The van der Waals surface area contributed by atoms with Crippen molar-refractivity contribution in [3.05, 3.63) is 76.9 Å². The molecule has 0 aliphatic carbocycles. The van der Waals surface area contributed by atoms with Crippen molar-refractivity contribution in [1.29, 1.82) is 5.26 Å². The topological polar surface area (TPSA) is 62.8 Å². The Balaban J connectivity index is 1.58. The number of imidazole rings is 1. The monoisotopic (exact) mass is 438 g/mol. The first-order valence-corrected chi connectivity index (χ1v) is 11.6. The fourth-order valence-electron chi connectivity index (χ4n) is 5.35. The molecule has 2 fully saturated rings. The van der Waals surface area contributed by atoms with E-state index in [0.29, 0.717) is 18.8 Å². The summed E-state index contributed by atoms with van der Waals surface area (Å²) in [5.74, 6) is 0.695. The molecule has 2 aliphatic rings. The Morgan fingerprint density at radius 2 is 1.70 bits per heavy atom. The van der Waals surface area contributed by atoms with Gasteiger partial charge in [0, 0.05) is 37.9 Å². The van der Waals surface area contributed by atoms with Crippen molar-refractivity contribution in [3.63, 3.8) is 0 Å². The second-order valence-corrected chi connectivity index (χ2v) is 8.93. The van der Waals surface area contributed by atoms with Crippen molar-refractivity contribution >= 4 is 22.5 Å². The molecule has 4 heterocycles. The predicted molar refractivity (Wildman–Crippen MR) is 127 cm³/mol. The van der Waals surface area contributed by atoms with E-state index in [9.17, 15) is 5.26 Å². The molecule has 0 radical (unpaired) electrons. The van der Waals surface area contributed by atoms with E-state index < -0.39 is 5.79 Å². The highest BCUT2D eigenvalue weighted by Gasteiger charge is 2.41. The van der Waals surface area contributed by atoms with E-state index in [4.69, 9.17) is 14.5 Å². The number of nitriles is 1. The summed E-state index contributed by atoms with van der Waals surface area (Å²) in [4.78, 5) is 7.32. The van der Waals surface area contributed by atoms with Crippen LogP contribution in [0, 0.1) is 18.3 Å². The van der Waals surface area contributed by atoms with E-state index in [0.717, 1.165) is 60.4 Å². The maximum absolute atomic E-state index is 10.1. The average molecular weight is 439 g/mol. The summed E-state index contributed by atoms with van der Waals surface area (Å²) >= 11 is 0. The molecular weight excluding hydrogens is 412 g/mol. The molecule has 2 aliphatic heterocycles. The van der Waals surface area contributed by atoms with Gasteiger partial charge < -0.3 is 14.4 Å². The van der Waals surface area contributed by atoms with Crippen LogP contribution in [0.4, 0.5) is 5.82 Å². The van der Waals surface area contributed by atoms with E-state index in [1.807, 2.05) is 24.3 Å². The Bertz CT molecular complexity index is 1370. The summed E-state index contributed by atoms with van der Waals surface area (Å²) in [6, 6.07) is 21.1. The molecule has 166 valence electrons. The third kappa shape index (κ3) is 3.28. The molecule has 0 amide bonds. The second-order valence-electron chi connectivity index (χ2n) is 8.93. The van der Waals surface area contributed by atoms with Gasteiger partial charge in [0.05, 0.1) is 29.8 Å². The molecule has 0 bridgehead atoms. The lowest BCUT2D eigenvalue weighted by molar-refractivity contribution is -0.169. The Hall–Kier alpha value is -3.40. The maximum Gasteiger partial charge on any atom is 0.171 e. The van der Waals surface area contributed by atoms with E-state index >= 15 is 0 Å². The van der Waals surface area contributed by atoms with Crippen molar-refractivity contribution in [2.75, 3.05) is 31.2 Å². The fourth-order valence-corrected chi connectivity index (χ4v) is 5.35. The number of ether oxygens (including phenoxy) is 2. The molecule has 2 saturated heterocycles. The Labute approximate surface area is 193 Å². The molecule has 6 nitrogen and oxygen atoms in total. The first kappa shape index (κ1) is 20.2. The minimum atomic E-state index is -0.437. The Morgan fingerprint density at radius 3 is 2.42 bits per heavy atom. The number of pyridine rings is 1. The van der Waals surface area contributed by atoms with Gasteiger partial charge in [-0.2, -0.15) is 5.26 Å². The standard InChI is InChI=1S/C27H26N4O2/c1-19-21(17-20-7-3-2-4-8-20)26(30-13-11-27(12-14-30)32-15-16-33-27)31-24-10-6-5-9-23(24)29-25(31)22(19)18-28/h2-10H,11-17H2,1H3. The van der Waals surface area contributed by atoms with Crippen LogP contribution in [0.15, 0.2) is 54.6 Å². The summed E-state index contributed by atoms with van der Waals surface area (Å²) in [5.41, 5.74) is 6.73. The summed E-state index contributed by atoms with van der Waals surface area (Å²) in [6.45, 7) is 5.06. The van der Waals surface area contributed by atoms with Crippen LogP contribution < -0.4 is 4.90 Å². The number of aromatic nitrogens is 2. The number of piperidine rings is 1. The number of hydrogen-bond donors (Lipinski definition) is 0. The van der Waals surface area contributed by atoms with Gasteiger partial charge in [0.2, 0.25) is 0 Å². The van der Waals surface area contributed by atoms with Crippen molar-refractivity contribution in [2.45, 2.75) is 32.0 Å². The van der Waals surface area contributed by atoms with Crippen LogP contribution in [0.1, 0.15) is 35.1 Å². The van der Waals surface area contributed by atoms with Crippen LogP contribution in [0.2, 0.25) is 0 Å². The SMILES string of the molecule is Cc1c(Cc2ccccc2)c(N2CCC3(CC2)OCCO3)n2c(nc3ccccc32)c1C#N. The van der Waals surface area contributed by atoms with Crippen molar-refractivity contribution in [3.8, 4) is 6.07 Å². The van der Waals surface area contributed by atoms with Crippen molar-refractivity contribution in [2.24, 2.45) is 0 Å². The number of rotatable bonds is 3. The normalized spacial score (nSPS) is 17.8. The second kappa shape index (κ2) is 7.87. The zero-order valence-electron chi connectivity index (χ0n) is 18.8. The molecule has 0 N–H and O–H groups in total. The number of nitrogens with zero attached hydrogens (tertiary/aromatic N) is 4. The van der Waals surface area contributed by atoms with E-state index in [-0.39, 0.29) is 0 Å². The first-order valence-electron chi connectivity index (χ1n) is 11.6. The number of benzene rings is 2. The molecule has 6 heteroatoms. The van der Waals surface area contributed by atoms with Crippen LogP contribution in [0.25, 0.3) is 16.7 Å². The van der Waals surface area contributed by atoms with Crippen LogP contribution >= 0.6 is 0 Å². The van der Waals surface area contributed by atoms with Gasteiger partial charge in [0.1, 0.15) is 11.9 Å². The summed E-state index contributed by atoms with van der Waals surface area (Å²) in [7, 11) is 0. The maximum atomic E-state index is 10.1. The van der Waals surface area contributed by atoms with Gasteiger partial charge in [-0.3, -0.25) is 4.40 Å². The highest BCUT2D eigenvalue weighted by molar-refractivity contribution is 5.86. The molecule has 1 spiro atoms. The smallest absolute Gasteiger partial charge is 0.171 e. The van der Waals surface area contributed by atoms with Gasteiger partial charge in [-0.05, 0) is 30.2 Å². The van der Waals surface area contributed by atoms with Gasteiger partial charge in [-0.25, -0.2) is 4.98 Å². The average Bonchev–Trinajstić information content (AvgIpc) is 3.46. The Morgan fingerprint density at radius 1 is 1.00 bits per heavy atom. The molecule has 4 aromatic rings. The van der Waals surface area contributed by atoms with E-state index in [1.165, 1.54) is 11.1 Å². The van der Waals surface area contributed by atoms with Gasteiger partial charge in [0.25, 0.3) is 0 Å². The lowest BCUT2D eigenvalue weighted by atomic mass is 9.96. The molecule has 33 heavy (non-hydrogen) atoms. The number of hydrogen-bond acceptors (Lipinski definition) is 5. The van der Waals surface area contributed by atoms with E-state index in [1.54, 1.807) is 0 Å². The van der Waals surface area contributed by atoms with E-state index in [2.05, 4.69) is 52.6 Å². The molecule has 6 rings (SSSR count). The molecular formula is C27H26N4O2. The Kier molecular flexibility index (Phi) is 4.83. The first-order chi connectivity index (χ1) is 16.2. The predicted octanol–water partition coefficient (Wildman–Crippen LogP) is 4.60. The zero-order valence-corrected chi connectivity index (χ0v) is 18.8. The highest BCUT2D eigenvalue weighted by atomic mass is 16.7. The lowest BCUT2D eigenvalue weighted by Gasteiger charge is -2.40. The largest absolute Gasteiger partial charge is 0.357 e. The van der Waals surface area contributed by atoms with Crippen LogP contribution in [-0.2, 0) is 15.9 Å². The molecule has 2 aromatic carbocycles. The van der Waals surface area contributed by atoms with Gasteiger partial charge >= 0.3 is 0 Å². The van der Waals surface area contributed by atoms with Crippen molar-refractivity contribution < 1.29 is 9.47 Å².